The SMILES string of the molecule is Cc1c2nc(N)sc2c(C(=O)[O-])c2sc(N)nc12.[Na+]. The van der Waals surface area contributed by atoms with Gasteiger partial charge in [-0.15, -0.1) is 0 Å². The van der Waals surface area contributed by atoms with Gasteiger partial charge in [-0.25, -0.2) is 9.97 Å². The van der Waals surface area contributed by atoms with E-state index in [1.807, 2.05) is 6.92 Å². The molecule has 0 radical (unpaired) electrons. The van der Waals surface area contributed by atoms with Crippen LogP contribution in [0.4, 0.5) is 10.3 Å². The maximum atomic E-state index is 11.3. The number of nitrogen functional groups attached to an aromatic ring is 2. The Morgan fingerprint density at radius 3 is 1.89 bits per heavy atom. The van der Waals surface area contributed by atoms with Crippen molar-refractivity contribution in [3.8, 4) is 0 Å². The average Bonchev–Trinajstić information content (AvgIpc) is 2.81. The number of nitrogens with two attached hydrogens (primary N) is 2. The minimum Gasteiger partial charge on any atom is -0.545 e. The summed E-state index contributed by atoms with van der Waals surface area (Å²) in [7, 11) is 0. The number of aromatic nitrogens is 2. The van der Waals surface area contributed by atoms with Gasteiger partial charge < -0.3 is 21.4 Å². The molecule has 4 N–H and O–H groups in total. The number of carbonyl (C=O) groups excluding carboxylic acids is 1. The Bertz CT molecular complexity index is 753. The van der Waals surface area contributed by atoms with E-state index >= 15 is 0 Å². The molecule has 0 aliphatic carbocycles. The van der Waals surface area contributed by atoms with E-state index < -0.39 is 5.97 Å². The standard InChI is InChI=1S/C10H8N4O2S2.Na/c1-2-4-6(17-9(11)13-4)3(8(15)16)7-5(2)14-10(12)18-7;/h1H3,(H2,11,13)(H2,12,14)(H,15,16);/q;+1/p-1. The summed E-state index contributed by atoms with van der Waals surface area (Å²) in [6, 6.07) is 0. The van der Waals surface area contributed by atoms with Gasteiger partial charge in [0.1, 0.15) is 0 Å². The first kappa shape index (κ1) is 14.5. The molecule has 0 saturated heterocycles. The summed E-state index contributed by atoms with van der Waals surface area (Å²) in [5.74, 6) is -1.27. The van der Waals surface area contributed by atoms with Gasteiger partial charge in [-0.1, -0.05) is 22.7 Å². The van der Waals surface area contributed by atoms with Gasteiger partial charge in [-0.2, -0.15) is 0 Å². The van der Waals surface area contributed by atoms with Crippen LogP contribution in [0.3, 0.4) is 0 Å². The zero-order valence-electron chi connectivity index (χ0n) is 10.2. The van der Waals surface area contributed by atoms with Gasteiger partial charge in [0, 0.05) is 11.1 Å². The van der Waals surface area contributed by atoms with Crippen molar-refractivity contribution in [2.45, 2.75) is 6.92 Å². The van der Waals surface area contributed by atoms with E-state index in [9.17, 15) is 9.90 Å². The first-order chi connectivity index (χ1) is 8.49. The zero-order chi connectivity index (χ0) is 13.0. The number of carbonyl (C=O) groups is 1. The van der Waals surface area contributed by atoms with Gasteiger partial charge in [-0.3, -0.25) is 0 Å². The molecule has 2 aromatic heterocycles. The normalized spacial score (nSPS) is 10.8. The van der Waals surface area contributed by atoms with Crippen LogP contribution in [0.5, 0.6) is 0 Å². The Labute approximate surface area is 137 Å². The first-order valence-corrected chi connectivity index (χ1v) is 6.58. The van der Waals surface area contributed by atoms with Crippen molar-refractivity contribution in [1.82, 2.24) is 9.97 Å². The van der Waals surface area contributed by atoms with Crippen molar-refractivity contribution in [2.24, 2.45) is 0 Å². The molecule has 2 heterocycles. The van der Waals surface area contributed by atoms with Crippen LogP contribution in [-0.2, 0) is 0 Å². The van der Waals surface area contributed by atoms with Crippen LogP contribution in [0.15, 0.2) is 0 Å². The number of rotatable bonds is 1. The third kappa shape index (κ3) is 2.09. The summed E-state index contributed by atoms with van der Waals surface area (Å²) in [5.41, 5.74) is 13.2. The molecule has 0 bridgehead atoms. The third-order valence-corrected chi connectivity index (χ3v) is 4.46. The average molecular weight is 302 g/mol. The van der Waals surface area contributed by atoms with Crippen LogP contribution >= 0.6 is 22.7 Å². The molecule has 0 aliphatic heterocycles. The number of carboxylic acids is 1. The summed E-state index contributed by atoms with van der Waals surface area (Å²) in [6.45, 7) is 1.82. The van der Waals surface area contributed by atoms with E-state index in [0.29, 0.717) is 30.7 Å². The fourth-order valence-electron chi connectivity index (χ4n) is 1.92. The summed E-state index contributed by atoms with van der Waals surface area (Å²) in [6.07, 6.45) is 0. The van der Waals surface area contributed by atoms with Crippen molar-refractivity contribution in [3.05, 3.63) is 11.1 Å². The topological polar surface area (TPSA) is 118 Å². The molecule has 0 amide bonds. The van der Waals surface area contributed by atoms with Gasteiger partial charge in [-0.05, 0) is 6.92 Å². The molecule has 1 aromatic carbocycles. The number of hydrogen-bond acceptors (Lipinski definition) is 8. The van der Waals surface area contributed by atoms with E-state index in [1.165, 1.54) is 0 Å². The van der Waals surface area contributed by atoms with E-state index in [4.69, 9.17) is 11.5 Å². The molecule has 9 heteroatoms. The molecule has 0 unspecified atom stereocenters. The smallest absolute Gasteiger partial charge is 0.545 e. The Morgan fingerprint density at radius 1 is 1.11 bits per heavy atom. The van der Waals surface area contributed by atoms with Crippen molar-refractivity contribution in [2.75, 3.05) is 11.5 Å². The number of hydrogen-bond donors (Lipinski definition) is 2. The maximum Gasteiger partial charge on any atom is 1.00 e. The summed E-state index contributed by atoms with van der Waals surface area (Å²) in [5, 5.41) is 12.0. The monoisotopic (exact) mass is 302 g/mol. The van der Waals surface area contributed by atoms with Crippen molar-refractivity contribution in [1.29, 1.82) is 0 Å². The van der Waals surface area contributed by atoms with Crippen LogP contribution in [0.2, 0.25) is 0 Å². The van der Waals surface area contributed by atoms with Gasteiger partial charge in [0.15, 0.2) is 10.3 Å². The van der Waals surface area contributed by atoms with Crippen LogP contribution in [-0.4, -0.2) is 15.9 Å². The Hall–Kier alpha value is -0.930. The maximum absolute atomic E-state index is 11.3. The minimum absolute atomic E-state index is 0. The fraction of sp³-hybridized carbons (Fsp3) is 0.100. The molecule has 6 nitrogen and oxygen atoms in total. The largest absolute Gasteiger partial charge is 1.00 e. The molecule has 0 atom stereocenters. The Morgan fingerprint density at radius 2 is 1.53 bits per heavy atom. The number of benzene rings is 1. The molecular formula is C10H7N4NaO2S2. The van der Waals surface area contributed by atoms with Gasteiger partial charge in [0.2, 0.25) is 0 Å². The molecule has 0 saturated carbocycles. The van der Waals surface area contributed by atoms with E-state index in [-0.39, 0.29) is 35.1 Å². The predicted molar refractivity (Wildman–Crippen MR) is 70.7 cm³/mol. The van der Waals surface area contributed by atoms with E-state index in [2.05, 4.69) is 9.97 Å². The number of carboxylic acid groups (broad SMARTS) is 1. The summed E-state index contributed by atoms with van der Waals surface area (Å²) < 4.78 is 1.03. The molecule has 3 aromatic rings. The number of aryl methyl sites for hydroxylation is 1. The van der Waals surface area contributed by atoms with Crippen LogP contribution < -0.4 is 46.1 Å². The molecule has 19 heavy (non-hydrogen) atoms. The van der Waals surface area contributed by atoms with Crippen molar-refractivity contribution >= 4 is 59.3 Å². The Balaban J connectivity index is 0.00000133. The summed E-state index contributed by atoms with van der Waals surface area (Å²) >= 11 is 2.26. The second kappa shape index (κ2) is 4.88. The molecule has 0 aliphatic rings. The number of nitrogens with zero attached hydrogens (tertiary/aromatic N) is 2. The number of anilines is 2. The van der Waals surface area contributed by atoms with Gasteiger partial charge in [0.25, 0.3) is 0 Å². The summed E-state index contributed by atoms with van der Waals surface area (Å²) in [4.78, 5) is 19.6. The third-order valence-electron chi connectivity index (χ3n) is 2.66. The molecule has 92 valence electrons. The fourth-order valence-corrected chi connectivity index (χ4v) is 3.84. The zero-order valence-corrected chi connectivity index (χ0v) is 13.8. The second-order valence-electron chi connectivity index (χ2n) is 3.75. The van der Waals surface area contributed by atoms with Crippen LogP contribution in [0, 0.1) is 6.92 Å². The van der Waals surface area contributed by atoms with E-state index in [0.717, 1.165) is 28.2 Å². The first-order valence-electron chi connectivity index (χ1n) is 4.95. The number of fused-ring (bicyclic) bond motifs is 2. The minimum atomic E-state index is -1.27. The van der Waals surface area contributed by atoms with Crippen LogP contribution in [0.25, 0.3) is 20.4 Å². The van der Waals surface area contributed by atoms with Gasteiger partial charge >= 0.3 is 29.6 Å². The predicted octanol–water partition coefficient (Wildman–Crippen LogP) is -2.25. The molecule has 0 fully saturated rings. The van der Waals surface area contributed by atoms with Crippen molar-refractivity contribution in [3.63, 3.8) is 0 Å². The number of aromatic carboxylic acids is 1. The number of thiazole rings is 2. The van der Waals surface area contributed by atoms with Crippen molar-refractivity contribution < 1.29 is 39.5 Å². The quantitative estimate of drug-likeness (QED) is 0.490. The van der Waals surface area contributed by atoms with Crippen LogP contribution in [0.1, 0.15) is 15.9 Å². The Kier molecular flexibility index (Phi) is 3.72. The van der Waals surface area contributed by atoms with E-state index in [1.54, 1.807) is 0 Å². The molecule has 3 rings (SSSR count). The van der Waals surface area contributed by atoms with Gasteiger partial charge in [0.05, 0.1) is 26.4 Å². The second-order valence-corrected chi connectivity index (χ2v) is 5.81. The molecular weight excluding hydrogens is 295 g/mol. The molecule has 0 spiro atoms.